The van der Waals surface area contributed by atoms with E-state index >= 15 is 0 Å². The van der Waals surface area contributed by atoms with Gasteiger partial charge < -0.3 is 19.7 Å². The quantitative estimate of drug-likeness (QED) is 0.588. The van der Waals surface area contributed by atoms with Crippen molar-refractivity contribution >= 4 is 41.5 Å². The summed E-state index contributed by atoms with van der Waals surface area (Å²) in [7, 11) is 1.60. The predicted octanol–water partition coefficient (Wildman–Crippen LogP) is 2.69. The molecule has 1 atom stereocenters. The van der Waals surface area contributed by atoms with E-state index in [1.165, 1.54) is 12.1 Å². The van der Waals surface area contributed by atoms with Crippen LogP contribution in [0.25, 0.3) is 0 Å². The van der Waals surface area contributed by atoms with Gasteiger partial charge in [0.1, 0.15) is 11.9 Å². The summed E-state index contributed by atoms with van der Waals surface area (Å²) >= 11 is 11.8. The maximum absolute atomic E-state index is 13.7. The van der Waals surface area contributed by atoms with Crippen molar-refractivity contribution in [3.8, 4) is 0 Å². The Morgan fingerprint density at radius 2 is 2.21 bits per heavy atom. The molecule has 2 rings (SSSR count). The van der Waals surface area contributed by atoms with Gasteiger partial charge in [-0.2, -0.15) is 0 Å². The summed E-state index contributed by atoms with van der Waals surface area (Å²) < 4.78 is 24.2. The SMILES string of the molecule is COCCNCC(=O)N1CCOC(c2cc(F)c(Cl)cc2Cl)C1.Cl. The van der Waals surface area contributed by atoms with Crippen molar-refractivity contribution < 1.29 is 18.7 Å². The lowest BCUT2D eigenvalue weighted by Gasteiger charge is -2.33. The molecule has 0 spiro atoms. The number of ether oxygens (including phenoxy) is 2. The summed E-state index contributed by atoms with van der Waals surface area (Å²) in [5.41, 5.74) is 0.499. The maximum Gasteiger partial charge on any atom is 0.236 e. The second kappa shape index (κ2) is 10.4. The lowest BCUT2D eigenvalue weighted by Crippen LogP contribution is -2.46. The molecule has 1 aliphatic rings. The van der Waals surface area contributed by atoms with Crippen LogP contribution in [-0.2, 0) is 14.3 Å². The molecular weight excluding hydrogens is 382 g/mol. The standard InChI is InChI=1S/C15H19Cl2FN2O3.ClH/c1-22-4-2-19-8-15(21)20-3-5-23-14(9-20)10-6-13(18)12(17)7-11(10)16;/h6-7,14,19H,2-5,8-9H2,1H3;1H. The molecule has 1 unspecified atom stereocenters. The van der Waals surface area contributed by atoms with Crippen LogP contribution in [0.2, 0.25) is 10.0 Å². The van der Waals surface area contributed by atoms with E-state index in [2.05, 4.69) is 5.32 Å². The Morgan fingerprint density at radius 3 is 2.92 bits per heavy atom. The topological polar surface area (TPSA) is 50.8 Å². The molecular formula is C15H20Cl3FN2O3. The van der Waals surface area contributed by atoms with Gasteiger partial charge in [-0.15, -0.1) is 12.4 Å². The molecule has 1 heterocycles. The first kappa shape index (κ1) is 21.4. The van der Waals surface area contributed by atoms with Gasteiger partial charge in [0.15, 0.2) is 0 Å². The zero-order valence-electron chi connectivity index (χ0n) is 13.2. The number of methoxy groups -OCH3 is 1. The highest BCUT2D eigenvalue weighted by Gasteiger charge is 2.27. The number of nitrogens with one attached hydrogen (secondary N) is 1. The van der Waals surface area contributed by atoms with E-state index in [9.17, 15) is 9.18 Å². The molecule has 1 fully saturated rings. The second-order valence-corrected chi connectivity index (χ2v) is 5.97. The van der Waals surface area contributed by atoms with Gasteiger partial charge in [-0.3, -0.25) is 4.79 Å². The number of amides is 1. The van der Waals surface area contributed by atoms with Crippen LogP contribution in [0.15, 0.2) is 12.1 Å². The average Bonchev–Trinajstić information content (AvgIpc) is 2.55. The fourth-order valence-electron chi connectivity index (χ4n) is 2.33. The van der Waals surface area contributed by atoms with Gasteiger partial charge >= 0.3 is 0 Å². The van der Waals surface area contributed by atoms with Gasteiger partial charge in [0, 0.05) is 30.8 Å². The highest BCUT2D eigenvalue weighted by Crippen LogP contribution is 2.32. The molecule has 1 aromatic carbocycles. The lowest BCUT2D eigenvalue weighted by molar-refractivity contribution is -0.138. The summed E-state index contributed by atoms with van der Waals surface area (Å²) in [6.45, 7) is 2.55. The minimum atomic E-state index is -0.556. The van der Waals surface area contributed by atoms with E-state index in [1.807, 2.05) is 0 Å². The van der Waals surface area contributed by atoms with Gasteiger partial charge in [0.05, 0.1) is 31.3 Å². The van der Waals surface area contributed by atoms with E-state index in [-0.39, 0.29) is 29.9 Å². The molecule has 0 saturated carbocycles. The summed E-state index contributed by atoms with van der Waals surface area (Å²) in [5.74, 6) is -0.598. The van der Waals surface area contributed by atoms with E-state index in [1.54, 1.807) is 12.0 Å². The third kappa shape index (κ3) is 5.72. The molecule has 1 amide bonds. The average molecular weight is 402 g/mol. The molecule has 1 aliphatic heterocycles. The highest BCUT2D eigenvalue weighted by atomic mass is 35.5. The molecule has 1 N–H and O–H groups in total. The first-order valence-corrected chi connectivity index (χ1v) is 8.02. The van der Waals surface area contributed by atoms with Crippen molar-refractivity contribution in [3.05, 3.63) is 33.6 Å². The number of carbonyl (C=O) groups excluding carboxylic acids is 1. The Balaban J connectivity index is 0.00000288. The van der Waals surface area contributed by atoms with Crippen molar-refractivity contribution in [1.82, 2.24) is 10.2 Å². The minimum Gasteiger partial charge on any atom is -0.383 e. The van der Waals surface area contributed by atoms with Crippen molar-refractivity contribution in [2.45, 2.75) is 6.10 Å². The Hall–Kier alpha value is -0.630. The Kier molecular flexibility index (Phi) is 9.26. The number of benzene rings is 1. The summed E-state index contributed by atoms with van der Waals surface area (Å²) in [6.07, 6.45) is -0.467. The van der Waals surface area contributed by atoms with Crippen LogP contribution in [0, 0.1) is 5.82 Å². The number of rotatable bonds is 6. The van der Waals surface area contributed by atoms with Crippen molar-refractivity contribution in [2.24, 2.45) is 0 Å². The third-order valence-corrected chi connectivity index (χ3v) is 4.18. The Labute approximate surface area is 156 Å². The molecule has 136 valence electrons. The Bertz CT molecular complexity index is 563. The molecule has 24 heavy (non-hydrogen) atoms. The van der Waals surface area contributed by atoms with Crippen LogP contribution in [0.1, 0.15) is 11.7 Å². The molecule has 0 aromatic heterocycles. The molecule has 1 aromatic rings. The fraction of sp³-hybridized carbons (Fsp3) is 0.533. The van der Waals surface area contributed by atoms with Gasteiger partial charge in [-0.1, -0.05) is 23.2 Å². The number of halogens is 4. The van der Waals surface area contributed by atoms with E-state index in [4.69, 9.17) is 32.7 Å². The van der Waals surface area contributed by atoms with Crippen LogP contribution < -0.4 is 5.32 Å². The van der Waals surface area contributed by atoms with Crippen LogP contribution in [0.3, 0.4) is 0 Å². The second-order valence-electron chi connectivity index (χ2n) is 5.16. The fourth-order valence-corrected chi connectivity index (χ4v) is 2.83. The number of carbonyl (C=O) groups is 1. The monoisotopic (exact) mass is 400 g/mol. The summed E-state index contributed by atoms with van der Waals surface area (Å²) in [4.78, 5) is 13.9. The molecule has 1 saturated heterocycles. The molecule has 0 aliphatic carbocycles. The van der Waals surface area contributed by atoms with Gasteiger partial charge in [0.25, 0.3) is 0 Å². The van der Waals surface area contributed by atoms with E-state index in [0.29, 0.717) is 43.4 Å². The van der Waals surface area contributed by atoms with E-state index < -0.39 is 11.9 Å². The molecule has 5 nitrogen and oxygen atoms in total. The van der Waals surface area contributed by atoms with Gasteiger partial charge in [0.2, 0.25) is 5.91 Å². The van der Waals surface area contributed by atoms with Crippen LogP contribution in [0.5, 0.6) is 0 Å². The van der Waals surface area contributed by atoms with Crippen LogP contribution in [-0.4, -0.2) is 57.3 Å². The van der Waals surface area contributed by atoms with Crippen molar-refractivity contribution in [3.63, 3.8) is 0 Å². The van der Waals surface area contributed by atoms with Crippen molar-refractivity contribution in [2.75, 3.05) is 46.5 Å². The largest absolute Gasteiger partial charge is 0.383 e. The van der Waals surface area contributed by atoms with Crippen LogP contribution >= 0.6 is 35.6 Å². The zero-order valence-corrected chi connectivity index (χ0v) is 15.5. The molecule has 0 radical (unpaired) electrons. The predicted molar refractivity (Wildman–Crippen MR) is 93.7 cm³/mol. The maximum atomic E-state index is 13.7. The first-order chi connectivity index (χ1) is 11.0. The van der Waals surface area contributed by atoms with Gasteiger partial charge in [-0.05, 0) is 12.1 Å². The smallest absolute Gasteiger partial charge is 0.236 e. The normalized spacial score (nSPS) is 17.5. The minimum absolute atomic E-state index is 0. The van der Waals surface area contributed by atoms with Crippen LogP contribution in [0.4, 0.5) is 4.39 Å². The number of morpholine rings is 1. The number of hydrogen-bond acceptors (Lipinski definition) is 4. The lowest BCUT2D eigenvalue weighted by atomic mass is 10.1. The van der Waals surface area contributed by atoms with Crippen molar-refractivity contribution in [1.29, 1.82) is 0 Å². The van der Waals surface area contributed by atoms with E-state index in [0.717, 1.165) is 0 Å². The summed E-state index contributed by atoms with van der Waals surface area (Å²) in [6, 6.07) is 2.62. The molecule has 9 heteroatoms. The first-order valence-electron chi connectivity index (χ1n) is 7.26. The zero-order chi connectivity index (χ0) is 16.8. The third-order valence-electron chi connectivity index (χ3n) is 3.56. The Morgan fingerprint density at radius 1 is 1.46 bits per heavy atom. The van der Waals surface area contributed by atoms with Gasteiger partial charge in [-0.25, -0.2) is 4.39 Å². The number of hydrogen-bond donors (Lipinski definition) is 1. The highest BCUT2D eigenvalue weighted by molar-refractivity contribution is 6.35. The number of nitrogens with zero attached hydrogens (tertiary/aromatic N) is 1. The molecule has 0 bridgehead atoms. The summed E-state index contributed by atoms with van der Waals surface area (Å²) in [5, 5.41) is 3.30.